The lowest BCUT2D eigenvalue weighted by Crippen LogP contribution is -2.33. The van der Waals surface area contributed by atoms with Crippen molar-refractivity contribution in [2.75, 3.05) is 31.6 Å². The van der Waals surface area contributed by atoms with Gasteiger partial charge in [-0.15, -0.1) is 0 Å². The molecule has 0 unspecified atom stereocenters. The molecule has 1 aromatic heterocycles. The van der Waals surface area contributed by atoms with Gasteiger partial charge >= 0.3 is 0 Å². The summed E-state index contributed by atoms with van der Waals surface area (Å²) in [6.45, 7) is 3.62. The van der Waals surface area contributed by atoms with Crippen molar-refractivity contribution in [1.29, 1.82) is 0 Å². The van der Waals surface area contributed by atoms with Crippen LogP contribution < -0.4 is 10.1 Å². The first kappa shape index (κ1) is 21.3. The Morgan fingerprint density at radius 3 is 2.42 bits per heavy atom. The zero-order valence-electron chi connectivity index (χ0n) is 17.5. The monoisotopic (exact) mass is 425 g/mol. The summed E-state index contributed by atoms with van der Waals surface area (Å²) >= 11 is 0. The minimum Gasteiger partial charge on any atom is -0.484 e. The molecule has 2 atom stereocenters. The Morgan fingerprint density at radius 1 is 1.06 bits per heavy atom. The molecular formula is C23H27N3O5. The van der Waals surface area contributed by atoms with E-state index in [1.807, 2.05) is 49.4 Å². The van der Waals surface area contributed by atoms with E-state index in [-0.39, 0.29) is 43.0 Å². The Hall–Kier alpha value is -2.97. The number of aromatic nitrogens is 1. The standard InChI is InChI=1S/C23H27N3O5/c1-16-7-8-18(11-24-16)31-19-14-29-20-12-26(13-21(20)30-15-19)23(28)10-9-22(27)25-17-5-3-2-4-6-17/h2-8,11,19-21H,9-10,12-15H2,1H3,(H,25,27)/t20-,21-/m0/s1. The summed E-state index contributed by atoms with van der Waals surface area (Å²) in [4.78, 5) is 30.6. The Bertz CT molecular complexity index is 874. The minimum atomic E-state index is -0.221. The molecule has 0 spiro atoms. The molecule has 2 saturated heterocycles. The molecular weight excluding hydrogens is 398 g/mol. The molecule has 3 heterocycles. The van der Waals surface area contributed by atoms with Crippen LogP contribution in [0.3, 0.4) is 0 Å². The van der Waals surface area contributed by atoms with Crippen molar-refractivity contribution >= 4 is 17.5 Å². The maximum atomic E-state index is 12.6. The topological polar surface area (TPSA) is 90.0 Å². The third-order valence-corrected chi connectivity index (χ3v) is 5.37. The van der Waals surface area contributed by atoms with Gasteiger partial charge in [0, 0.05) is 37.3 Å². The maximum Gasteiger partial charge on any atom is 0.224 e. The average Bonchev–Trinajstić information content (AvgIpc) is 3.10. The quantitative estimate of drug-likeness (QED) is 0.763. The number of benzene rings is 1. The number of hydrogen-bond donors (Lipinski definition) is 1. The molecule has 0 saturated carbocycles. The summed E-state index contributed by atoms with van der Waals surface area (Å²) < 4.78 is 17.9. The van der Waals surface area contributed by atoms with Crippen LogP contribution in [0.4, 0.5) is 5.69 Å². The van der Waals surface area contributed by atoms with Gasteiger partial charge < -0.3 is 24.4 Å². The van der Waals surface area contributed by atoms with Gasteiger partial charge in [0.05, 0.1) is 19.4 Å². The molecule has 164 valence electrons. The zero-order chi connectivity index (χ0) is 21.6. The zero-order valence-corrected chi connectivity index (χ0v) is 17.5. The highest BCUT2D eigenvalue weighted by atomic mass is 16.6. The lowest BCUT2D eigenvalue weighted by atomic mass is 10.2. The molecule has 1 aromatic carbocycles. The van der Waals surface area contributed by atoms with E-state index >= 15 is 0 Å². The summed E-state index contributed by atoms with van der Waals surface area (Å²) in [5.41, 5.74) is 1.65. The molecule has 4 rings (SSSR count). The van der Waals surface area contributed by atoms with Crippen molar-refractivity contribution in [1.82, 2.24) is 9.88 Å². The van der Waals surface area contributed by atoms with Gasteiger partial charge in [-0.2, -0.15) is 0 Å². The maximum absolute atomic E-state index is 12.6. The number of anilines is 1. The molecule has 2 aliphatic heterocycles. The Morgan fingerprint density at radius 2 is 1.77 bits per heavy atom. The van der Waals surface area contributed by atoms with E-state index in [0.29, 0.717) is 32.1 Å². The van der Waals surface area contributed by atoms with Crippen LogP contribution in [0.2, 0.25) is 0 Å². The Labute approximate surface area is 181 Å². The van der Waals surface area contributed by atoms with E-state index in [9.17, 15) is 9.59 Å². The van der Waals surface area contributed by atoms with Crippen LogP contribution in [0.25, 0.3) is 0 Å². The second-order valence-corrected chi connectivity index (χ2v) is 7.83. The number of fused-ring (bicyclic) bond motifs is 1. The minimum absolute atomic E-state index is 0.0676. The first-order chi connectivity index (χ1) is 15.1. The van der Waals surface area contributed by atoms with Gasteiger partial charge in [-0.1, -0.05) is 18.2 Å². The van der Waals surface area contributed by atoms with Crippen LogP contribution in [-0.2, 0) is 19.1 Å². The van der Waals surface area contributed by atoms with Crippen LogP contribution in [0, 0.1) is 6.92 Å². The van der Waals surface area contributed by atoms with Crippen molar-refractivity contribution in [2.24, 2.45) is 0 Å². The third-order valence-electron chi connectivity index (χ3n) is 5.37. The fourth-order valence-corrected chi connectivity index (χ4v) is 3.69. The van der Waals surface area contributed by atoms with Crippen molar-refractivity contribution in [3.8, 4) is 5.75 Å². The molecule has 1 N–H and O–H groups in total. The third kappa shape index (κ3) is 5.80. The number of aryl methyl sites for hydroxylation is 1. The van der Waals surface area contributed by atoms with Crippen molar-refractivity contribution < 1.29 is 23.8 Å². The number of hydrogen-bond acceptors (Lipinski definition) is 6. The molecule has 2 aliphatic rings. The van der Waals surface area contributed by atoms with Crippen LogP contribution in [0.15, 0.2) is 48.7 Å². The van der Waals surface area contributed by atoms with Gasteiger partial charge in [-0.05, 0) is 31.2 Å². The summed E-state index contributed by atoms with van der Waals surface area (Å²) in [5.74, 6) is 0.438. The van der Waals surface area contributed by atoms with E-state index in [1.165, 1.54) is 0 Å². The van der Waals surface area contributed by atoms with Crippen LogP contribution in [-0.4, -0.2) is 66.3 Å². The highest BCUT2D eigenvalue weighted by Gasteiger charge is 2.39. The van der Waals surface area contributed by atoms with Gasteiger partial charge in [0.25, 0.3) is 0 Å². The number of ether oxygens (including phenoxy) is 3. The van der Waals surface area contributed by atoms with Gasteiger partial charge in [0.2, 0.25) is 11.8 Å². The van der Waals surface area contributed by atoms with Crippen LogP contribution >= 0.6 is 0 Å². The number of pyridine rings is 1. The highest BCUT2D eigenvalue weighted by molar-refractivity contribution is 5.93. The van der Waals surface area contributed by atoms with Gasteiger partial charge in [-0.25, -0.2) is 0 Å². The number of rotatable bonds is 6. The van der Waals surface area contributed by atoms with Crippen molar-refractivity contribution in [3.63, 3.8) is 0 Å². The molecule has 0 aliphatic carbocycles. The van der Waals surface area contributed by atoms with E-state index in [4.69, 9.17) is 14.2 Å². The van der Waals surface area contributed by atoms with E-state index in [0.717, 1.165) is 11.4 Å². The number of nitrogens with one attached hydrogen (secondary N) is 1. The van der Waals surface area contributed by atoms with Crippen molar-refractivity contribution in [3.05, 3.63) is 54.4 Å². The summed E-state index contributed by atoms with van der Waals surface area (Å²) in [6.07, 6.45) is 1.39. The molecule has 0 radical (unpaired) electrons. The van der Waals surface area contributed by atoms with E-state index in [2.05, 4.69) is 10.3 Å². The lowest BCUT2D eigenvalue weighted by molar-refractivity contribution is -0.132. The number of carbonyl (C=O) groups excluding carboxylic acids is 2. The first-order valence-corrected chi connectivity index (χ1v) is 10.5. The lowest BCUT2D eigenvalue weighted by Gasteiger charge is -2.19. The molecule has 2 aromatic rings. The number of carbonyl (C=O) groups is 2. The van der Waals surface area contributed by atoms with Gasteiger partial charge in [0.15, 0.2) is 0 Å². The number of likely N-dealkylation sites (tertiary alicyclic amines) is 1. The molecule has 0 bridgehead atoms. The normalized spacial score (nSPS) is 21.3. The predicted molar refractivity (Wildman–Crippen MR) is 114 cm³/mol. The second kappa shape index (κ2) is 9.89. The highest BCUT2D eigenvalue weighted by Crippen LogP contribution is 2.23. The number of para-hydroxylation sites is 1. The largest absolute Gasteiger partial charge is 0.484 e. The van der Waals surface area contributed by atoms with Gasteiger partial charge in [0.1, 0.15) is 24.1 Å². The fraction of sp³-hybridized carbons (Fsp3) is 0.435. The predicted octanol–water partition coefficient (Wildman–Crippen LogP) is 2.18. The molecule has 8 nitrogen and oxygen atoms in total. The Kier molecular flexibility index (Phi) is 6.79. The summed E-state index contributed by atoms with van der Waals surface area (Å²) in [5, 5.41) is 2.80. The first-order valence-electron chi connectivity index (χ1n) is 10.5. The van der Waals surface area contributed by atoms with Crippen molar-refractivity contribution in [2.45, 2.75) is 38.1 Å². The van der Waals surface area contributed by atoms with E-state index < -0.39 is 0 Å². The number of amides is 2. The second-order valence-electron chi connectivity index (χ2n) is 7.83. The number of nitrogens with zero attached hydrogens (tertiary/aromatic N) is 2. The smallest absolute Gasteiger partial charge is 0.224 e. The SMILES string of the molecule is Cc1ccc(OC2CO[C@H]3CN(C(=O)CCC(=O)Nc4ccccc4)C[C@@H]3OC2)cn1. The molecule has 2 fully saturated rings. The Balaban J connectivity index is 1.21. The fourth-order valence-electron chi connectivity index (χ4n) is 3.69. The average molecular weight is 425 g/mol. The summed E-state index contributed by atoms with van der Waals surface area (Å²) in [6, 6.07) is 13.0. The molecule has 8 heteroatoms. The molecule has 2 amide bonds. The van der Waals surface area contributed by atoms with Crippen LogP contribution in [0.5, 0.6) is 5.75 Å². The van der Waals surface area contributed by atoms with Gasteiger partial charge in [-0.3, -0.25) is 14.6 Å². The summed E-state index contributed by atoms with van der Waals surface area (Å²) in [7, 11) is 0. The molecule has 31 heavy (non-hydrogen) atoms. The van der Waals surface area contributed by atoms with Crippen LogP contribution in [0.1, 0.15) is 18.5 Å². The van der Waals surface area contributed by atoms with E-state index in [1.54, 1.807) is 11.1 Å².